The number of aryl methyl sites for hydroxylation is 1. The SMILES string of the molecule is Cc1nn(-c2ccccc2)c(C)c1C1C(=O)NCCN1C(=O)Nc1ccc([N+](=O)[O-])cc1. The molecule has 1 unspecified atom stereocenters. The smallest absolute Gasteiger partial charge is 0.322 e. The third-order valence-electron chi connectivity index (χ3n) is 5.42. The first-order chi connectivity index (χ1) is 15.4. The summed E-state index contributed by atoms with van der Waals surface area (Å²) >= 11 is 0. The molecule has 2 N–H and O–H groups in total. The fourth-order valence-electron chi connectivity index (χ4n) is 3.91. The number of carbonyl (C=O) groups is 2. The van der Waals surface area contributed by atoms with Gasteiger partial charge in [-0.3, -0.25) is 14.9 Å². The Labute approximate surface area is 184 Å². The molecule has 0 aliphatic carbocycles. The summed E-state index contributed by atoms with van der Waals surface area (Å²) in [7, 11) is 0. The molecule has 10 heteroatoms. The monoisotopic (exact) mass is 434 g/mol. The highest BCUT2D eigenvalue weighted by Crippen LogP contribution is 2.31. The van der Waals surface area contributed by atoms with Crippen molar-refractivity contribution in [2.75, 3.05) is 18.4 Å². The van der Waals surface area contributed by atoms with Crippen molar-refractivity contribution in [2.45, 2.75) is 19.9 Å². The predicted molar refractivity (Wildman–Crippen MR) is 118 cm³/mol. The average molecular weight is 434 g/mol. The van der Waals surface area contributed by atoms with Crippen molar-refractivity contribution in [3.8, 4) is 5.69 Å². The zero-order valence-electron chi connectivity index (χ0n) is 17.6. The number of non-ortho nitro benzene ring substituents is 1. The third kappa shape index (κ3) is 3.89. The van der Waals surface area contributed by atoms with Crippen LogP contribution >= 0.6 is 0 Å². The van der Waals surface area contributed by atoms with E-state index in [-0.39, 0.29) is 11.6 Å². The summed E-state index contributed by atoms with van der Waals surface area (Å²) in [5.74, 6) is -0.283. The van der Waals surface area contributed by atoms with Gasteiger partial charge in [-0.05, 0) is 38.1 Å². The van der Waals surface area contributed by atoms with Crippen LogP contribution in [0, 0.1) is 24.0 Å². The Morgan fingerprint density at radius 3 is 2.50 bits per heavy atom. The molecular formula is C22H22N6O4. The number of para-hydroxylation sites is 1. The van der Waals surface area contributed by atoms with Gasteiger partial charge in [-0.25, -0.2) is 9.48 Å². The second kappa shape index (κ2) is 8.50. The topological polar surface area (TPSA) is 122 Å². The van der Waals surface area contributed by atoms with E-state index in [0.717, 1.165) is 11.4 Å². The summed E-state index contributed by atoms with van der Waals surface area (Å²) in [5.41, 5.74) is 3.28. The highest BCUT2D eigenvalue weighted by Gasteiger charge is 2.38. The van der Waals surface area contributed by atoms with Gasteiger partial charge in [-0.1, -0.05) is 18.2 Å². The van der Waals surface area contributed by atoms with Crippen LogP contribution in [0.5, 0.6) is 0 Å². The third-order valence-corrected chi connectivity index (χ3v) is 5.42. The molecular weight excluding hydrogens is 412 g/mol. The van der Waals surface area contributed by atoms with E-state index in [2.05, 4.69) is 15.7 Å². The van der Waals surface area contributed by atoms with Crippen LogP contribution in [-0.2, 0) is 4.79 Å². The number of nitro groups is 1. The minimum atomic E-state index is -0.848. The van der Waals surface area contributed by atoms with Crippen LogP contribution < -0.4 is 10.6 Å². The van der Waals surface area contributed by atoms with Gasteiger partial charge < -0.3 is 15.5 Å². The van der Waals surface area contributed by atoms with Crippen molar-refractivity contribution < 1.29 is 14.5 Å². The number of benzene rings is 2. The number of carbonyl (C=O) groups excluding carboxylic acids is 2. The fraction of sp³-hybridized carbons (Fsp3) is 0.227. The predicted octanol–water partition coefficient (Wildman–Crippen LogP) is 3.10. The van der Waals surface area contributed by atoms with Gasteiger partial charge in [0.2, 0.25) is 5.91 Å². The molecule has 1 aliphatic rings. The highest BCUT2D eigenvalue weighted by atomic mass is 16.6. The Kier molecular flexibility index (Phi) is 5.59. The lowest BCUT2D eigenvalue weighted by atomic mass is 10.0. The number of nitrogens with zero attached hydrogens (tertiary/aromatic N) is 4. The second-order valence-corrected chi connectivity index (χ2v) is 7.45. The van der Waals surface area contributed by atoms with Crippen LogP contribution in [-0.4, -0.2) is 44.6 Å². The van der Waals surface area contributed by atoms with E-state index in [1.165, 1.54) is 29.2 Å². The molecule has 1 atom stereocenters. The number of hydrogen-bond donors (Lipinski definition) is 2. The Balaban J connectivity index is 1.65. The van der Waals surface area contributed by atoms with Gasteiger partial charge in [0.1, 0.15) is 6.04 Å². The van der Waals surface area contributed by atoms with Gasteiger partial charge in [0.05, 0.1) is 16.3 Å². The standard InChI is InChI=1S/C22H22N6O4/c1-14-19(15(2)27(25-14)17-6-4-3-5-7-17)20-21(29)23-12-13-26(20)22(30)24-16-8-10-18(11-9-16)28(31)32/h3-11,20H,12-13H2,1-2H3,(H,23,29)(H,24,30). The molecule has 3 amide bonds. The number of aromatic nitrogens is 2. The van der Waals surface area contributed by atoms with Crippen LogP contribution in [0.15, 0.2) is 54.6 Å². The zero-order chi connectivity index (χ0) is 22.8. The molecule has 10 nitrogen and oxygen atoms in total. The lowest BCUT2D eigenvalue weighted by Gasteiger charge is -2.35. The maximum atomic E-state index is 13.1. The van der Waals surface area contributed by atoms with Gasteiger partial charge in [0.25, 0.3) is 5.69 Å². The van der Waals surface area contributed by atoms with E-state index >= 15 is 0 Å². The average Bonchev–Trinajstić information content (AvgIpc) is 3.08. The summed E-state index contributed by atoms with van der Waals surface area (Å²) in [6.45, 7) is 4.32. The first-order valence-electron chi connectivity index (χ1n) is 10.1. The van der Waals surface area contributed by atoms with Crippen molar-refractivity contribution in [3.05, 3.63) is 81.7 Å². The summed E-state index contributed by atoms with van der Waals surface area (Å²) in [6, 6.07) is 13.8. The lowest BCUT2D eigenvalue weighted by molar-refractivity contribution is -0.384. The molecule has 2 aromatic carbocycles. The van der Waals surface area contributed by atoms with Crippen LogP contribution in [0.2, 0.25) is 0 Å². The minimum absolute atomic E-state index is 0.0715. The Morgan fingerprint density at radius 1 is 1.16 bits per heavy atom. The number of piperazine rings is 1. The van der Waals surface area contributed by atoms with Crippen molar-refractivity contribution in [1.29, 1.82) is 0 Å². The second-order valence-electron chi connectivity index (χ2n) is 7.45. The minimum Gasteiger partial charge on any atom is -0.352 e. The fourth-order valence-corrected chi connectivity index (χ4v) is 3.91. The molecule has 0 bridgehead atoms. The summed E-state index contributed by atoms with van der Waals surface area (Å²) in [5, 5.41) is 21.0. The van der Waals surface area contributed by atoms with Crippen LogP contribution in [0.3, 0.4) is 0 Å². The Bertz CT molecular complexity index is 1170. The molecule has 164 valence electrons. The van der Waals surface area contributed by atoms with E-state index in [9.17, 15) is 19.7 Å². The van der Waals surface area contributed by atoms with Gasteiger partial charge in [-0.15, -0.1) is 0 Å². The molecule has 1 fully saturated rings. The van der Waals surface area contributed by atoms with E-state index in [1.807, 2.05) is 44.2 Å². The maximum Gasteiger partial charge on any atom is 0.322 e. The number of nitrogens with one attached hydrogen (secondary N) is 2. The summed E-state index contributed by atoms with van der Waals surface area (Å²) in [4.78, 5) is 37.8. The van der Waals surface area contributed by atoms with Crippen LogP contribution in [0.1, 0.15) is 23.0 Å². The highest BCUT2D eigenvalue weighted by molar-refractivity contribution is 5.95. The molecule has 32 heavy (non-hydrogen) atoms. The summed E-state index contributed by atoms with van der Waals surface area (Å²) in [6.07, 6.45) is 0. The van der Waals surface area contributed by atoms with E-state index in [0.29, 0.717) is 30.0 Å². The maximum absolute atomic E-state index is 13.1. The normalized spacial score (nSPS) is 15.9. The number of urea groups is 1. The van der Waals surface area contributed by atoms with Crippen molar-refractivity contribution >= 4 is 23.3 Å². The summed E-state index contributed by atoms with van der Waals surface area (Å²) < 4.78 is 1.76. The molecule has 1 aromatic heterocycles. The van der Waals surface area contributed by atoms with Crippen LogP contribution in [0.25, 0.3) is 5.69 Å². The van der Waals surface area contributed by atoms with Crippen molar-refractivity contribution in [3.63, 3.8) is 0 Å². The van der Waals surface area contributed by atoms with Gasteiger partial charge in [0.15, 0.2) is 0 Å². The molecule has 2 heterocycles. The quantitative estimate of drug-likeness (QED) is 0.483. The Morgan fingerprint density at radius 2 is 1.84 bits per heavy atom. The number of amides is 3. The Hall–Kier alpha value is -4.21. The largest absolute Gasteiger partial charge is 0.352 e. The van der Waals surface area contributed by atoms with Crippen molar-refractivity contribution in [1.82, 2.24) is 20.0 Å². The molecule has 0 spiro atoms. The van der Waals surface area contributed by atoms with E-state index in [4.69, 9.17) is 0 Å². The van der Waals surface area contributed by atoms with E-state index < -0.39 is 17.0 Å². The molecule has 4 rings (SSSR count). The van der Waals surface area contributed by atoms with E-state index in [1.54, 1.807) is 4.68 Å². The number of hydrogen-bond acceptors (Lipinski definition) is 5. The zero-order valence-corrected chi connectivity index (χ0v) is 17.6. The molecule has 1 saturated heterocycles. The first kappa shape index (κ1) is 21.0. The molecule has 0 radical (unpaired) electrons. The molecule has 0 saturated carbocycles. The van der Waals surface area contributed by atoms with Gasteiger partial charge >= 0.3 is 6.03 Å². The van der Waals surface area contributed by atoms with Crippen LogP contribution in [0.4, 0.5) is 16.2 Å². The van der Waals surface area contributed by atoms with Crippen molar-refractivity contribution in [2.24, 2.45) is 0 Å². The molecule has 3 aromatic rings. The number of rotatable bonds is 4. The van der Waals surface area contributed by atoms with Gasteiger partial charge in [0, 0.05) is 42.2 Å². The first-order valence-corrected chi connectivity index (χ1v) is 10.1. The molecule has 1 aliphatic heterocycles. The number of nitro benzene ring substituents is 1. The number of anilines is 1. The van der Waals surface area contributed by atoms with Gasteiger partial charge in [-0.2, -0.15) is 5.10 Å². The lowest BCUT2D eigenvalue weighted by Crippen LogP contribution is -2.53.